The third-order valence-corrected chi connectivity index (χ3v) is 4.37. The van der Waals surface area contributed by atoms with Gasteiger partial charge in [0.2, 0.25) is 0 Å². The van der Waals surface area contributed by atoms with E-state index in [9.17, 15) is 9.59 Å². The van der Waals surface area contributed by atoms with Crippen LogP contribution in [0.1, 0.15) is 28.7 Å². The molecule has 3 rings (SSSR count). The number of amides is 1. The number of aryl methyl sites for hydroxylation is 3. The number of hydrogen-bond donors (Lipinski definition) is 0. The molecule has 2 aromatic rings. The first-order chi connectivity index (χ1) is 11.5. The van der Waals surface area contributed by atoms with Crippen molar-refractivity contribution in [2.45, 2.75) is 20.3 Å². The van der Waals surface area contributed by atoms with E-state index in [1.54, 1.807) is 26.2 Å². The second-order valence-electron chi connectivity index (χ2n) is 5.87. The first-order valence-electron chi connectivity index (χ1n) is 8.04. The van der Waals surface area contributed by atoms with E-state index < -0.39 is 0 Å². The highest BCUT2D eigenvalue weighted by molar-refractivity contribution is 5.96. The van der Waals surface area contributed by atoms with Crippen molar-refractivity contribution in [3.05, 3.63) is 39.6 Å². The van der Waals surface area contributed by atoms with Crippen molar-refractivity contribution in [3.63, 3.8) is 0 Å². The highest BCUT2D eigenvalue weighted by atomic mass is 16.5. The second-order valence-corrected chi connectivity index (χ2v) is 5.87. The second kappa shape index (κ2) is 6.46. The molecule has 1 saturated heterocycles. The van der Waals surface area contributed by atoms with Crippen LogP contribution >= 0.6 is 0 Å². The van der Waals surface area contributed by atoms with Gasteiger partial charge in [-0.15, -0.1) is 0 Å². The Labute approximate surface area is 139 Å². The monoisotopic (exact) mass is 331 g/mol. The first-order valence-corrected chi connectivity index (χ1v) is 8.04. The fraction of sp³-hybridized carbons (Fsp3) is 0.500. The molecule has 0 bridgehead atoms. The van der Waals surface area contributed by atoms with Gasteiger partial charge in [-0.25, -0.2) is 4.68 Å². The highest BCUT2D eigenvalue weighted by Gasteiger charge is 2.27. The zero-order valence-corrected chi connectivity index (χ0v) is 14.2. The number of nitrogens with zero attached hydrogens (tertiary/aromatic N) is 5. The number of anilines is 1. The van der Waals surface area contributed by atoms with E-state index in [0.29, 0.717) is 49.6 Å². The zero-order valence-electron chi connectivity index (χ0n) is 14.2. The summed E-state index contributed by atoms with van der Waals surface area (Å²) in [5, 5.41) is 8.00. The minimum Gasteiger partial charge on any atom is -0.367 e. The van der Waals surface area contributed by atoms with Crippen LogP contribution in [0.15, 0.2) is 21.6 Å². The van der Waals surface area contributed by atoms with E-state index in [1.165, 1.54) is 4.68 Å². The van der Waals surface area contributed by atoms with Gasteiger partial charge in [0, 0.05) is 39.3 Å². The first kappa shape index (κ1) is 16.2. The molecule has 1 aliphatic heterocycles. The number of carbonyl (C=O) groups excluding carboxylic acids is 1. The molecule has 0 spiro atoms. The molecular weight excluding hydrogens is 310 g/mol. The van der Waals surface area contributed by atoms with Crippen LogP contribution < -0.4 is 10.5 Å². The minimum absolute atomic E-state index is 0.0349. The summed E-state index contributed by atoms with van der Waals surface area (Å²) < 4.78 is 6.46. The van der Waals surface area contributed by atoms with Crippen molar-refractivity contribution in [1.29, 1.82) is 0 Å². The number of carbonyl (C=O) groups is 1. The SMILES string of the molecule is CCc1noc(C)c1C(=O)N1CCN(c2cnn(C)c(=O)c2)CC1. The van der Waals surface area contributed by atoms with Gasteiger partial charge in [0.1, 0.15) is 11.3 Å². The summed E-state index contributed by atoms with van der Waals surface area (Å²) in [4.78, 5) is 28.3. The topological polar surface area (TPSA) is 84.5 Å². The van der Waals surface area contributed by atoms with Crippen molar-refractivity contribution >= 4 is 11.6 Å². The highest BCUT2D eigenvalue weighted by Crippen LogP contribution is 2.19. The molecule has 0 aliphatic carbocycles. The van der Waals surface area contributed by atoms with Gasteiger partial charge in [-0.3, -0.25) is 9.59 Å². The van der Waals surface area contributed by atoms with Gasteiger partial charge < -0.3 is 14.3 Å². The third-order valence-electron chi connectivity index (χ3n) is 4.37. The van der Waals surface area contributed by atoms with Crippen molar-refractivity contribution < 1.29 is 9.32 Å². The molecule has 128 valence electrons. The van der Waals surface area contributed by atoms with Crippen LogP contribution in [-0.2, 0) is 13.5 Å². The molecule has 0 radical (unpaired) electrons. The maximum atomic E-state index is 12.7. The Balaban J connectivity index is 1.70. The van der Waals surface area contributed by atoms with E-state index in [4.69, 9.17) is 4.52 Å². The van der Waals surface area contributed by atoms with Gasteiger partial charge in [-0.2, -0.15) is 5.10 Å². The average Bonchev–Trinajstić information content (AvgIpc) is 2.97. The quantitative estimate of drug-likeness (QED) is 0.819. The molecule has 0 saturated carbocycles. The molecule has 1 fully saturated rings. The molecule has 0 unspecified atom stereocenters. The van der Waals surface area contributed by atoms with E-state index in [2.05, 4.69) is 15.2 Å². The summed E-state index contributed by atoms with van der Waals surface area (Å²) in [6, 6.07) is 1.57. The zero-order chi connectivity index (χ0) is 17.3. The van der Waals surface area contributed by atoms with Gasteiger partial charge >= 0.3 is 0 Å². The van der Waals surface area contributed by atoms with E-state index >= 15 is 0 Å². The lowest BCUT2D eigenvalue weighted by Crippen LogP contribution is -2.49. The summed E-state index contributed by atoms with van der Waals surface area (Å²) in [6.07, 6.45) is 2.34. The van der Waals surface area contributed by atoms with Gasteiger partial charge in [0.15, 0.2) is 0 Å². The van der Waals surface area contributed by atoms with E-state index in [1.807, 2.05) is 11.8 Å². The lowest BCUT2D eigenvalue weighted by Gasteiger charge is -2.35. The molecule has 2 aromatic heterocycles. The Morgan fingerprint density at radius 2 is 2.00 bits per heavy atom. The average molecular weight is 331 g/mol. The third kappa shape index (κ3) is 2.91. The molecule has 0 aromatic carbocycles. The van der Waals surface area contributed by atoms with Crippen LogP contribution in [-0.4, -0.2) is 51.9 Å². The fourth-order valence-corrected chi connectivity index (χ4v) is 2.89. The Hall–Kier alpha value is -2.64. The number of hydrogen-bond acceptors (Lipinski definition) is 6. The minimum atomic E-state index is -0.140. The smallest absolute Gasteiger partial charge is 0.268 e. The van der Waals surface area contributed by atoms with Crippen LogP contribution in [0.5, 0.6) is 0 Å². The predicted octanol–water partition coefficient (Wildman–Crippen LogP) is 0.602. The van der Waals surface area contributed by atoms with Crippen LogP contribution in [0.25, 0.3) is 0 Å². The van der Waals surface area contributed by atoms with Gasteiger partial charge in [-0.1, -0.05) is 12.1 Å². The van der Waals surface area contributed by atoms with Crippen LogP contribution in [0.4, 0.5) is 5.69 Å². The Bertz CT molecular complexity index is 802. The Morgan fingerprint density at radius 1 is 1.29 bits per heavy atom. The molecule has 0 atom stereocenters. The van der Waals surface area contributed by atoms with Gasteiger partial charge in [0.05, 0.1) is 17.6 Å². The maximum absolute atomic E-state index is 12.7. The van der Waals surface area contributed by atoms with E-state index in [-0.39, 0.29) is 11.5 Å². The van der Waals surface area contributed by atoms with Crippen LogP contribution in [0, 0.1) is 6.92 Å². The largest absolute Gasteiger partial charge is 0.367 e. The number of aromatic nitrogens is 3. The molecule has 1 aliphatic rings. The Kier molecular flexibility index (Phi) is 4.37. The fourth-order valence-electron chi connectivity index (χ4n) is 2.89. The molecule has 24 heavy (non-hydrogen) atoms. The maximum Gasteiger partial charge on any atom is 0.268 e. The molecule has 1 amide bonds. The van der Waals surface area contributed by atoms with Gasteiger partial charge in [0.25, 0.3) is 11.5 Å². The van der Waals surface area contributed by atoms with Crippen molar-refractivity contribution in [1.82, 2.24) is 19.8 Å². The van der Waals surface area contributed by atoms with Crippen LogP contribution in [0.2, 0.25) is 0 Å². The number of piperazine rings is 1. The van der Waals surface area contributed by atoms with E-state index in [0.717, 1.165) is 5.69 Å². The summed E-state index contributed by atoms with van der Waals surface area (Å²) in [5.74, 6) is 0.530. The summed E-state index contributed by atoms with van der Waals surface area (Å²) in [5.41, 5.74) is 1.94. The molecule has 3 heterocycles. The van der Waals surface area contributed by atoms with Gasteiger partial charge in [-0.05, 0) is 13.3 Å². The van der Waals surface area contributed by atoms with Crippen LogP contribution in [0.3, 0.4) is 0 Å². The molecular formula is C16H21N5O3. The molecule has 8 nitrogen and oxygen atoms in total. The molecule has 8 heteroatoms. The van der Waals surface area contributed by atoms with Crippen molar-refractivity contribution in [2.24, 2.45) is 7.05 Å². The lowest BCUT2D eigenvalue weighted by molar-refractivity contribution is 0.0744. The standard InChI is InChI=1S/C16H21N5O3/c1-4-13-15(11(2)24-18-13)16(23)21-7-5-20(6-8-21)12-9-14(22)19(3)17-10-12/h9-10H,4-8H2,1-3H3. The van der Waals surface area contributed by atoms with Crippen molar-refractivity contribution in [2.75, 3.05) is 31.1 Å². The normalized spacial score (nSPS) is 15.0. The summed E-state index contributed by atoms with van der Waals surface area (Å²) >= 11 is 0. The predicted molar refractivity (Wildman–Crippen MR) is 88.2 cm³/mol. The lowest BCUT2D eigenvalue weighted by atomic mass is 10.1. The summed E-state index contributed by atoms with van der Waals surface area (Å²) in [6.45, 7) is 6.21. The number of rotatable bonds is 3. The molecule has 0 N–H and O–H groups in total. The van der Waals surface area contributed by atoms with Crippen molar-refractivity contribution in [3.8, 4) is 0 Å². The Morgan fingerprint density at radius 3 is 2.62 bits per heavy atom. The summed E-state index contributed by atoms with van der Waals surface area (Å²) in [7, 11) is 1.62.